The Labute approximate surface area is 98.5 Å². The number of aromatic nitrogens is 2. The molecule has 0 saturated heterocycles. The first-order valence-electron chi connectivity index (χ1n) is 4.77. The molecule has 8 heteroatoms. The molecule has 0 fully saturated rings. The van der Waals surface area contributed by atoms with Gasteiger partial charge in [-0.25, -0.2) is 0 Å². The van der Waals surface area contributed by atoms with E-state index in [1.165, 1.54) is 18.2 Å². The molecule has 0 atom stereocenters. The van der Waals surface area contributed by atoms with Crippen molar-refractivity contribution in [2.45, 2.75) is 12.6 Å². The lowest BCUT2D eigenvalue weighted by molar-refractivity contribution is -0.128. The number of hydrogen-bond acceptors (Lipinski definition) is 5. The van der Waals surface area contributed by atoms with Crippen molar-refractivity contribution < 1.29 is 27.9 Å². The molecule has 0 aliphatic carbocycles. The molecule has 1 aromatic carbocycles. The fourth-order valence-corrected chi connectivity index (χ4v) is 1.35. The number of halogens is 3. The average molecular weight is 260 g/mol. The zero-order valence-corrected chi connectivity index (χ0v) is 8.77. The summed E-state index contributed by atoms with van der Waals surface area (Å²) in [5.74, 6) is -1.67. The SMILES string of the molecule is Oc1cccc(O)c1-c1nc(CC(F)(F)F)no1. The first-order valence-corrected chi connectivity index (χ1v) is 4.77. The van der Waals surface area contributed by atoms with Gasteiger partial charge in [0.15, 0.2) is 5.82 Å². The van der Waals surface area contributed by atoms with Crippen LogP contribution in [0.25, 0.3) is 11.5 Å². The van der Waals surface area contributed by atoms with E-state index in [9.17, 15) is 23.4 Å². The molecule has 0 saturated carbocycles. The summed E-state index contributed by atoms with van der Waals surface area (Å²) >= 11 is 0. The highest BCUT2D eigenvalue weighted by atomic mass is 19.4. The minimum Gasteiger partial charge on any atom is -0.507 e. The minimum absolute atomic E-state index is 0.196. The fourth-order valence-electron chi connectivity index (χ4n) is 1.35. The highest BCUT2D eigenvalue weighted by molar-refractivity contribution is 5.69. The van der Waals surface area contributed by atoms with Crippen molar-refractivity contribution in [2.75, 3.05) is 0 Å². The minimum atomic E-state index is -4.46. The second-order valence-electron chi connectivity index (χ2n) is 3.48. The van der Waals surface area contributed by atoms with E-state index in [2.05, 4.69) is 14.7 Å². The van der Waals surface area contributed by atoms with Crippen LogP contribution in [-0.4, -0.2) is 26.5 Å². The Kier molecular flexibility index (Phi) is 2.85. The van der Waals surface area contributed by atoms with Crippen molar-refractivity contribution in [1.82, 2.24) is 10.1 Å². The smallest absolute Gasteiger partial charge is 0.396 e. The highest BCUT2D eigenvalue weighted by Gasteiger charge is 2.31. The first-order chi connectivity index (χ1) is 8.37. The van der Waals surface area contributed by atoms with Crippen LogP contribution in [0.1, 0.15) is 5.82 Å². The topological polar surface area (TPSA) is 79.4 Å². The third kappa shape index (κ3) is 2.53. The van der Waals surface area contributed by atoms with Gasteiger partial charge in [0, 0.05) is 0 Å². The monoisotopic (exact) mass is 260 g/mol. The van der Waals surface area contributed by atoms with Crippen molar-refractivity contribution in [1.29, 1.82) is 0 Å². The molecule has 1 heterocycles. The molecule has 2 rings (SSSR count). The third-order valence-electron chi connectivity index (χ3n) is 2.06. The van der Waals surface area contributed by atoms with Gasteiger partial charge in [0.2, 0.25) is 0 Å². The normalized spacial score (nSPS) is 11.7. The molecule has 18 heavy (non-hydrogen) atoms. The van der Waals surface area contributed by atoms with Crippen LogP contribution in [-0.2, 0) is 6.42 Å². The van der Waals surface area contributed by atoms with Gasteiger partial charge in [-0.2, -0.15) is 18.2 Å². The Bertz CT molecular complexity index is 545. The lowest BCUT2D eigenvalue weighted by Crippen LogP contribution is -2.12. The maximum atomic E-state index is 12.1. The Morgan fingerprint density at radius 2 is 1.78 bits per heavy atom. The standard InChI is InChI=1S/C10H7F3N2O3/c11-10(12,13)4-7-14-9(18-15-7)8-5(16)2-1-3-6(8)17/h1-3,16-17H,4H2. The van der Waals surface area contributed by atoms with E-state index in [0.717, 1.165) is 0 Å². The number of phenolic OH excluding ortho intramolecular Hbond substituents is 2. The van der Waals surface area contributed by atoms with Gasteiger partial charge in [0.25, 0.3) is 5.89 Å². The summed E-state index contributed by atoms with van der Waals surface area (Å²) in [6, 6.07) is 3.84. The van der Waals surface area contributed by atoms with Crippen LogP contribution in [0.15, 0.2) is 22.7 Å². The molecule has 5 nitrogen and oxygen atoms in total. The van der Waals surface area contributed by atoms with Crippen LogP contribution in [0.3, 0.4) is 0 Å². The van der Waals surface area contributed by atoms with Crippen molar-refractivity contribution in [3.8, 4) is 23.0 Å². The van der Waals surface area contributed by atoms with E-state index in [0.29, 0.717) is 0 Å². The van der Waals surface area contributed by atoms with Gasteiger partial charge in [-0.3, -0.25) is 0 Å². The molecule has 96 valence electrons. The van der Waals surface area contributed by atoms with E-state index >= 15 is 0 Å². The average Bonchev–Trinajstić information content (AvgIpc) is 2.63. The second kappa shape index (κ2) is 4.21. The summed E-state index contributed by atoms with van der Waals surface area (Å²) in [4.78, 5) is 3.47. The van der Waals surface area contributed by atoms with Gasteiger partial charge in [-0.15, -0.1) is 0 Å². The van der Waals surface area contributed by atoms with Crippen LogP contribution in [0.4, 0.5) is 13.2 Å². The lowest BCUT2D eigenvalue weighted by atomic mass is 10.2. The quantitative estimate of drug-likeness (QED) is 0.865. The van der Waals surface area contributed by atoms with Gasteiger partial charge in [0.05, 0.1) is 0 Å². The van der Waals surface area contributed by atoms with Gasteiger partial charge in [-0.05, 0) is 12.1 Å². The van der Waals surface area contributed by atoms with Gasteiger partial charge < -0.3 is 14.7 Å². The maximum Gasteiger partial charge on any atom is 0.396 e. The van der Waals surface area contributed by atoms with Crippen LogP contribution < -0.4 is 0 Å². The lowest BCUT2D eigenvalue weighted by Gasteiger charge is -2.01. The van der Waals surface area contributed by atoms with E-state index in [1.54, 1.807) is 0 Å². The predicted molar refractivity (Wildman–Crippen MR) is 52.8 cm³/mol. The number of hydrogen-bond donors (Lipinski definition) is 2. The summed E-state index contributed by atoms with van der Waals surface area (Å²) in [6.45, 7) is 0. The summed E-state index contributed by atoms with van der Waals surface area (Å²) in [7, 11) is 0. The summed E-state index contributed by atoms with van der Waals surface area (Å²) in [6.07, 6.45) is -5.80. The number of nitrogens with zero attached hydrogens (tertiary/aromatic N) is 2. The number of benzene rings is 1. The molecular weight excluding hydrogens is 253 g/mol. The van der Waals surface area contributed by atoms with Crippen molar-refractivity contribution >= 4 is 0 Å². The summed E-state index contributed by atoms with van der Waals surface area (Å²) in [5.41, 5.74) is -0.196. The molecule has 0 amide bonds. The molecule has 0 aliphatic heterocycles. The molecule has 1 aromatic heterocycles. The highest BCUT2D eigenvalue weighted by Crippen LogP contribution is 2.35. The molecule has 2 N–H and O–H groups in total. The summed E-state index contributed by atoms with van der Waals surface area (Å²) < 4.78 is 40.9. The number of alkyl halides is 3. The van der Waals surface area contributed by atoms with Gasteiger partial charge in [-0.1, -0.05) is 11.2 Å². The molecular formula is C10H7F3N2O3. The maximum absolute atomic E-state index is 12.1. The van der Waals surface area contributed by atoms with E-state index in [-0.39, 0.29) is 23.0 Å². The molecule has 2 aromatic rings. The van der Waals surface area contributed by atoms with Crippen molar-refractivity contribution in [3.05, 3.63) is 24.0 Å². The van der Waals surface area contributed by atoms with E-state index in [1.807, 2.05) is 0 Å². The zero-order chi connectivity index (χ0) is 13.3. The van der Waals surface area contributed by atoms with Gasteiger partial charge >= 0.3 is 6.18 Å². The van der Waals surface area contributed by atoms with Gasteiger partial charge in [0.1, 0.15) is 23.5 Å². The van der Waals surface area contributed by atoms with Crippen LogP contribution in [0.5, 0.6) is 11.5 Å². The van der Waals surface area contributed by atoms with E-state index in [4.69, 9.17) is 0 Å². The van der Waals surface area contributed by atoms with Crippen LogP contribution in [0.2, 0.25) is 0 Å². The Hall–Kier alpha value is -2.25. The van der Waals surface area contributed by atoms with Crippen molar-refractivity contribution in [3.63, 3.8) is 0 Å². The molecule has 0 bridgehead atoms. The Morgan fingerprint density at radius 1 is 1.17 bits per heavy atom. The molecule has 0 spiro atoms. The van der Waals surface area contributed by atoms with Crippen molar-refractivity contribution in [2.24, 2.45) is 0 Å². The Balaban J connectivity index is 2.36. The number of rotatable bonds is 2. The largest absolute Gasteiger partial charge is 0.507 e. The van der Waals surface area contributed by atoms with E-state index < -0.39 is 18.4 Å². The van der Waals surface area contributed by atoms with Crippen LogP contribution in [0, 0.1) is 0 Å². The number of aromatic hydroxyl groups is 2. The molecule has 0 radical (unpaired) electrons. The predicted octanol–water partition coefficient (Wildman–Crippen LogP) is 2.25. The Morgan fingerprint density at radius 3 is 2.33 bits per heavy atom. The zero-order valence-electron chi connectivity index (χ0n) is 8.77. The second-order valence-corrected chi connectivity index (χ2v) is 3.48. The van der Waals surface area contributed by atoms with Crippen LogP contribution >= 0.6 is 0 Å². The number of phenols is 2. The first kappa shape index (κ1) is 12.2. The fraction of sp³-hybridized carbons (Fsp3) is 0.200. The third-order valence-corrected chi connectivity index (χ3v) is 2.06. The molecule has 0 unspecified atom stereocenters. The summed E-state index contributed by atoms with van der Waals surface area (Å²) in [5, 5.41) is 22.1. The molecule has 0 aliphatic rings.